The Hall–Kier alpha value is -1.44. The van der Waals surface area contributed by atoms with Gasteiger partial charge in [0.25, 0.3) is 0 Å². The first-order chi connectivity index (χ1) is 10.3. The lowest BCUT2D eigenvalue weighted by Gasteiger charge is -2.10. The standard InChI is InChI=1S/C15H23NO5S/c1-11(2)21-9-5-8-16-22(18,19)13-7-6-12(3)14(10-13)15(17)20-4/h6-7,10-11,16H,5,8-9H2,1-4H3. The number of methoxy groups -OCH3 is 1. The van der Waals surface area contributed by atoms with Crippen molar-refractivity contribution in [2.75, 3.05) is 20.3 Å². The number of ether oxygens (including phenoxy) is 2. The smallest absolute Gasteiger partial charge is 0.338 e. The van der Waals surface area contributed by atoms with Crippen LogP contribution in [-0.4, -0.2) is 40.8 Å². The van der Waals surface area contributed by atoms with Gasteiger partial charge in [-0.1, -0.05) is 6.07 Å². The third-order valence-electron chi connectivity index (χ3n) is 2.99. The number of hydrogen-bond donors (Lipinski definition) is 1. The number of aryl methyl sites for hydroxylation is 1. The molecule has 124 valence electrons. The van der Waals surface area contributed by atoms with E-state index in [1.807, 2.05) is 13.8 Å². The zero-order valence-electron chi connectivity index (χ0n) is 13.4. The van der Waals surface area contributed by atoms with Crippen LogP contribution < -0.4 is 4.72 Å². The third kappa shape index (κ3) is 5.40. The van der Waals surface area contributed by atoms with Crippen LogP contribution in [0.25, 0.3) is 0 Å². The number of carbonyl (C=O) groups is 1. The predicted octanol–water partition coefficient (Wildman–Crippen LogP) is 1.88. The summed E-state index contributed by atoms with van der Waals surface area (Å²) in [6.45, 7) is 6.33. The maximum absolute atomic E-state index is 12.2. The Bertz CT molecular complexity index is 610. The molecule has 0 aliphatic heterocycles. The lowest BCUT2D eigenvalue weighted by Crippen LogP contribution is -2.26. The Morgan fingerprint density at radius 3 is 2.59 bits per heavy atom. The van der Waals surface area contributed by atoms with Crippen LogP contribution >= 0.6 is 0 Å². The van der Waals surface area contributed by atoms with Gasteiger partial charge in [0.2, 0.25) is 10.0 Å². The molecule has 0 aromatic heterocycles. The number of rotatable bonds is 8. The normalized spacial score (nSPS) is 11.7. The lowest BCUT2D eigenvalue weighted by atomic mass is 10.1. The minimum atomic E-state index is -3.66. The predicted molar refractivity (Wildman–Crippen MR) is 83.4 cm³/mol. The Labute approximate surface area is 131 Å². The summed E-state index contributed by atoms with van der Waals surface area (Å²) in [5.74, 6) is -0.556. The maximum Gasteiger partial charge on any atom is 0.338 e. The highest BCUT2D eigenvalue weighted by atomic mass is 32.2. The Kier molecular flexibility index (Phi) is 6.99. The average Bonchev–Trinajstić information content (AvgIpc) is 2.46. The molecule has 1 aromatic rings. The van der Waals surface area contributed by atoms with E-state index in [4.69, 9.17) is 4.74 Å². The van der Waals surface area contributed by atoms with Crippen molar-refractivity contribution < 1.29 is 22.7 Å². The largest absolute Gasteiger partial charge is 0.465 e. The van der Waals surface area contributed by atoms with Gasteiger partial charge in [0, 0.05) is 13.2 Å². The van der Waals surface area contributed by atoms with E-state index >= 15 is 0 Å². The maximum atomic E-state index is 12.2. The van der Waals surface area contributed by atoms with E-state index in [9.17, 15) is 13.2 Å². The van der Waals surface area contributed by atoms with Crippen molar-refractivity contribution in [2.24, 2.45) is 0 Å². The quantitative estimate of drug-likeness (QED) is 0.582. The summed E-state index contributed by atoms with van der Waals surface area (Å²) in [5, 5.41) is 0. The average molecular weight is 329 g/mol. The molecule has 7 heteroatoms. The van der Waals surface area contributed by atoms with E-state index in [1.165, 1.54) is 19.2 Å². The van der Waals surface area contributed by atoms with Gasteiger partial charge in [0.05, 0.1) is 23.7 Å². The second kappa shape index (κ2) is 8.26. The van der Waals surface area contributed by atoms with Crippen molar-refractivity contribution in [3.05, 3.63) is 29.3 Å². The molecule has 0 fully saturated rings. The minimum absolute atomic E-state index is 0.0447. The van der Waals surface area contributed by atoms with Crippen LogP contribution in [0.4, 0.5) is 0 Å². The van der Waals surface area contributed by atoms with E-state index in [1.54, 1.807) is 13.0 Å². The molecule has 22 heavy (non-hydrogen) atoms. The SMILES string of the molecule is COC(=O)c1cc(S(=O)(=O)NCCCOC(C)C)ccc1C. The van der Waals surface area contributed by atoms with E-state index in [0.29, 0.717) is 18.6 Å². The highest BCUT2D eigenvalue weighted by Gasteiger charge is 2.17. The lowest BCUT2D eigenvalue weighted by molar-refractivity contribution is 0.0599. The van der Waals surface area contributed by atoms with E-state index in [2.05, 4.69) is 9.46 Å². The van der Waals surface area contributed by atoms with Gasteiger partial charge in [-0.15, -0.1) is 0 Å². The second-order valence-electron chi connectivity index (χ2n) is 5.14. The Morgan fingerprint density at radius 1 is 1.32 bits per heavy atom. The van der Waals surface area contributed by atoms with Crippen molar-refractivity contribution in [3.8, 4) is 0 Å². The summed E-state index contributed by atoms with van der Waals surface area (Å²) in [7, 11) is -2.40. The monoisotopic (exact) mass is 329 g/mol. The Balaban J connectivity index is 2.75. The molecule has 0 spiro atoms. The van der Waals surface area contributed by atoms with Gasteiger partial charge in [0.1, 0.15) is 0 Å². The topological polar surface area (TPSA) is 81.7 Å². The fraction of sp³-hybridized carbons (Fsp3) is 0.533. The zero-order chi connectivity index (χ0) is 16.8. The first kappa shape index (κ1) is 18.6. The molecule has 0 saturated heterocycles. The van der Waals surface area contributed by atoms with Gasteiger partial charge in [0.15, 0.2) is 0 Å². The fourth-order valence-electron chi connectivity index (χ4n) is 1.78. The molecule has 0 atom stereocenters. The third-order valence-corrected chi connectivity index (χ3v) is 4.45. The summed E-state index contributed by atoms with van der Waals surface area (Å²) in [6.07, 6.45) is 0.698. The second-order valence-corrected chi connectivity index (χ2v) is 6.91. The summed E-state index contributed by atoms with van der Waals surface area (Å²) in [6, 6.07) is 4.38. The van der Waals surface area contributed by atoms with Gasteiger partial charge < -0.3 is 9.47 Å². The number of nitrogens with one attached hydrogen (secondary N) is 1. The molecule has 6 nitrogen and oxygen atoms in total. The van der Waals surface area contributed by atoms with Gasteiger partial charge in [-0.3, -0.25) is 0 Å². The summed E-state index contributed by atoms with van der Waals surface area (Å²) < 4.78 is 36.9. The summed E-state index contributed by atoms with van der Waals surface area (Å²) in [4.78, 5) is 11.7. The molecule has 1 aromatic carbocycles. The van der Waals surface area contributed by atoms with Crippen LogP contribution in [0.3, 0.4) is 0 Å². The Morgan fingerprint density at radius 2 is 2.00 bits per heavy atom. The van der Waals surface area contributed by atoms with Gasteiger partial charge in [-0.2, -0.15) is 0 Å². The van der Waals surface area contributed by atoms with Crippen molar-refractivity contribution in [3.63, 3.8) is 0 Å². The van der Waals surface area contributed by atoms with Crippen molar-refractivity contribution in [2.45, 2.75) is 38.2 Å². The van der Waals surface area contributed by atoms with Gasteiger partial charge in [-0.05, 0) is 44.9 Å². The minimum Gasteiger partial charge on any atom is -0.465 e. The number of benzene rings is 1. The molecule has 0 bridgehead atoms. The summed E-state index contributed by atoms with van der Waals surface area (Å²) >= 11 is 0. The van der Waals surface area contributed by atoms with Crippen molar-refractivity contribution >= 4 is 16.0 Å². The number of esters is 1. The van der Waals surface area contributed by atoms with Crippen molar-refractivity contribution in [1.82, 2.24) is 4.72 Å². The van der Waals surface area contributed by atoms with Gasteiger partial charge >= 0.3 is 5.97 Å². The molecule has 0 aliphatic rings. The van der Waals surface area contributed by atoms with E-state index in [-0.39, 0.29) is 23.1 Å². The highest BCUT2D eigenvalue weighted by Crippen LogP contribution is 2.16. The molecule has 0 aliphatic carbocycles. The molecule has 0 radical (unpaired) electrons. The van der Waals surface area contributed by atoms with Crippen LogP contribution in [0.1, 0.15) is 36.2 Å². The first-order valence-electron chi connectivity index (χ1n) is 7.08. The molecule has 0 unspecified atom stereocenters. The first-order valence-corrected chi connectivity index (χ1v) is 8.56. The van der Waals surface area contributed by atoms with Crippen LogP contribution in [0.15, 0.2) is 23.1 Å². The highest BCUT2D eigenvalue weighted by molar-refractivity contribution is 7.89. The van der Waals surface area contributed by atoms with E-state index < -0.39 is 16.0 Å². The van der Waals surface area contributed by atoms with E-state index in [0.717, 1.165) is 0 Å². The number of hydrogen-bond acceptors (Lipinski definition) is 5. The number of carbonyl (C=O) groups excluding carboxylic acids is 1. The van der Waals surface area contributed by atoms with Crippen LogP contribution in [0, 0.1) is 6.92 Å². The summed E-state index contributed by atoms with van der Waals surface area (Å²) in [5.41, 5.74) is 0.907. The molecular weight excluding hydrogens is 306 g/mol. The van der Waals surface area contributed by atoms with Crippen molar-refractivity contribution in [1.29, 1.82) is 0 Å². The van der Waals surface area contributed by atoms with Crippen LogP contribution in [0.2, 0.25) is 0 Å². The van der Waals surface area contributed by atoms with Gasteiger partial charge in [-0.25, -0.2) is 17.9 Å². The molecular formula is C15H23NO5S. The van der Waals surface area contributed by atoms with Crippen LogP contribution in [-0.2, 0) is 19.5 Å². The molecule has 1 rings (SSSR count). The molecule has 0 heterocycles. The molecule has 1 N–H and O–H groups in total. The fourth-order valence-corrected chi connectivity index (χ4v) is 2.88. The zero-order valence-corrected chi connectivity index (χ0v) is 14.2. The van der Waals surface area contributed by atoms with Crippen LogP contribution in [0.5, 0.6) is 0 Å². The molecule has 0 saturated carbocycles. The molecule has 0 amide bonds. The number of sulfonamides is 1.